The molecule has 1 amide bonds. The van der Waals surface area contributed by atoms with Crippen LogP contribution in [0.4, 0.5) is 4.79 Å². The topological polar surface area (TPSA) is 169 Å². The monoisotopic (exact) mass is 461 g/mol. The molecule has 0 radical (unpaired) electrons. The van der Waals surface area contributed by atoms with Crippen LogP contribution in [-0.2, 0) is 19.1 Å². The molecule has 0 unspecified atom stereocenters. The number of aromatic nitrogens is 1. The molecule has 4 N–H and O–H groups in total. The second kappa shape index (κ2) is 11.0. The van der Waals surface area contributed by atoms with Gasteiger partial charge in [-0.25, -0.2) is 4.79 Å². The largest absolute Gasteiger partial charge is 0.480 e. The number of rotatable bonds is 12. The quantitative estimate of drug-likeness (QED) is 0.240. The van der Waals surface area contributed by atoms with Crippen molar-refractivity contribution in [2.24, 2.45) is 0 Å². The Kier molecular flexibility index (Phi) is 9.39. The Hall–Kier alpha value is -2.51. The van der Waals surface area contributed by atoms with Crippen molar-refractivity contribution in [2.45, 2.75) is 23.0 Å². The lowest BCUT2D eigenvalue weighted by Crippen LogP contribution is -2.54. The molecule has 0 saturated heterocycles. The predicted octanol–water partition coefficient (Wildman–Crippen LogP) is 0.429. The fraction of sp³-hybridized carbons (Fsp3) is 0.471. The number of amides is 1. The zero-order valence-electron chi connectivity index (χ0n) is 16.0. The third-order valence-corrected chi connectivity index (χ3v) is 5.61. The van der Waals surface area contributed by atoms with Gasteiger partial charge in [-0.3, -0.25) is 24.3 Å². The van der Waals surface area contributed by atoms with E-state index in [1.54, 1.807) is 12.1 Å². The van der Waals surface area contributed by atoms with E-state index in [9.17, 15) is 29.4 Å². The fourth-order valence-corrected chi connectivity index (χ4v) is 3.27. The highest BCUT2D eigenvalue weighted by Gasteiger charge is 2.47. The number of pyridine rings is 1. The van der Waals surface area contributed by atoms with E-state index in [0.717, 1.165) is 4.90 Å². The van der Waals surface area contributed by atoms with Crippen LogP contribution in [0.3, 0.4) is 0 Å². The molecule has 30 heavy (non-hydrogen) atoms. The fourth-order valence-electron chi connectivity index (χ4n) is 2.77. The Labute approximate surface area is 183 Å². The van der Waals surface area contributed by atoms with E-state index in [4.69, 9.17) is 10.2 Å². The number of thiol groups is 2. The average molecular weight is 462 g/mol. The SMILES string of the molecule is C[C@H](N(CCN(CC(=O)O)C[C@@H](S)C(=O)O)C(=O)O)[C@@](S)(C(=O)O)c1ccccn1. The number of hydrogen-bond acceptors (Lipinski definition) is 8. The number of carboxylic acid groups (broad SMARTS) is 4. The van der Waals surface area contributed by atoms with Crippen LogP contribution < -0.4 is 0 Å². The van der Waals surface area contributed by atoms with Gasteiger partial charge in [-0.1, -0.05) is 6.07 Å². The first kappa shape index (κ1) is 25.5. The van der Waals surface area contributed by atoms with Gasteiger partial charge in [0.05, 0.1) is 18.3 Å². The maximum absolute atomic E-state index is 12.0. The van der Waals surface area contributed by atoms with Crippen LogP contribution in [0, 0.1) is 0 Å². The molecule has 1 heterocycles. The molecular formula is C17H23N3O8S2. The Morgan fingerprint density at radius 2 is 1.77 bits per heavy atom. The van der Waals surface area contributed by atoms with Gasteiger partial charge in [0.25, 0.3) is 0 Å². The van der Waals surface area contributed by atoms with Crippen molar-refractivity contribution < 1.29 is 39.6 Å². The first-order valence-corrected chi connectivity index (χ1v) is 9.59. The maximum Gasteiger partial charge on any atom is 0.407 e. The molecule has 3 atom stereocenters. The average Bonchev–Trinajstić information content (AvgIpc) is 2.66. The van der Waals surface area contributed by atoms with Crippen LogP contribution in [0.2, 0.25) is 0 Å². The lowest BCUT2D eigenvalue weighted by atomic mass is 9.94. The van der Waals surface area contributed by atoms with Gasteiger partial charge in [-0.05, 0) is 19.1 Å². The van der Waals surface area contributed by atoms with Crippen molar-refractivity contribution in [3.63, 3.8) is 0 Å². The van der Waals surface area contributed by atoms with Crippen LogP contribution in [0.5, 0.6) is 0 Å². The number of carbonyl (C=O) groups is 4. The van der Waals surface area contributed by atoms with Crippen LogP contribution in [0.25, 0.3) is 0 Å². The molecule has 166 valence electrons. The second-order valence-electron chi connectivity index (χ2n) is 6.42. The minimum absolute atomic E-state index is 0.0308. The first-order chi connectivity index (χ1) is 13.9. The molecule has 1 aromatic heterocycles. The Balaban J connectivity index is 3.11. The Morgan fingerprint density at radius 3 is 2.20 bits per heavy atom. The third-order valence-electron chi connectivity index (χ3n) is 4.43. The van der Waals surface area contributed by atoms with E-state index in [1.807, 2.05) is 0 Å². The van der Waals surface area contributed by atoms with Crippen LogP contribution >= 0.6 is 25.3 Å². The molecule has 0 saturated carbocycles. The van der Waals surface area contributed by atoms with Gasteiger partial charge in [0, 0.05) is 25.8 Å². The summed E-state index contributed by atoms with van der Waals surface area (Å²) in [5.74, 6) is -3.90. The highest BCUT2D eigenvalue weighted by molar-refractivity contribution is 7.82. The van der Waals surface area contributed by atoms with E-state index < -0.39 is 46.6 Å². The molecule has 0 aliphatic carbocycles. The van der Waals surface area contributed by atoms with Gasteiger partial charge < -0.3 is 25.3 Å². The van der Waals surface area contributed by atoms with Gasteiger partial charge in [0.2, 0.25) is 0 Å². The van der Waals surface area contributed by atoms with Crippen LogP contribution in [0.15, 0.2) is 24.4 Å². The standard InChI is InChI=1S/C17H23N3O8S2/c1-10(17(30,15(25)26)12-4-2-3-5-18-12)20(16(27)28)7-6-19(9-13(21)22)8-11(29)14(23)24/h2-5,10-11,29-30H,6-9H2,1H3,(H,21,22)(H,23,24)(H,25,26)(H,27,28)/t10-,11+,17-/m0/s1. The molecule has 13 heteroatoms. The minimum atomic E-state index is -1.98. The van der Waals surface area contributed by atoms with Gasteiger partial charge in [-0.15, -0.1) is 0 Å². The Morgan fingerprint density at radius 1 is 1.13 bits per heavy atom. The summed E-state index contributed by atoms with van der Waals surface area (Å²) in [5.41, 5.74) is 0.0308. The van der Waals surface area contributed by atoms with Crippen molar-refractivity contribution in [2.75, 3.05) is 26.2 Å². The van der Waals surface area contributed by atoms with Crippen molar-refractivity contribution >= 4 is 49.3 Å². The summed E-state index contributed by atoms with van der Waals surface area (Å²) >= 11 is 8.12. The van der Waals surface area contributed by atoms with E-state index in [2.05, 4.69) is 30.2 Å². The third kappa shape index (κ3) is 6.50. The van der Waals surface area contributed by atoms with E-state index in [1.165, 1.54) is 24.1 Å². The van der Waals surface area contributed by atoms with Gasteiger partial charge in [0.15, 0.2) is 4.75 Å². The first-order valence-electron chi connectivity index (χ1n) is 8.63. The molecule has 0 fully saturated rings. The molecule has 0 bridgehead atoms. The maximum atomic E-state index is 12.0. The molecule has 0 aliphatic rings. The Bertz CT molecular complexity index is 782. The molecule has 1 aromatic rings. The number of nitrogens with zero attached hydrogens (tertiary/aromatic N) is 3. The highest BCUT2D eigenvalue weighted by atomic mass is 32.1. The normalized spacial score (nSPS) is 15.1. The zero-order chi connectivity index (χ0) is 23.1. The highest BCUT2D eigenvalue weighted by Crippen LogP contribution is 2.34. The van der Waals surface area contributed by atoms with E-state index in [0.29, 0.717) is 0 Å². The van der Waals surface area contributed by atoms with Crippen LogP contribution in [0.1, 0.15) is 12.6 Å². The minimum Gasteiger partial charge on any atom is -0.480 e. The van der Waals surface area contributed by atoms with Crippen molar-refractivity contribution in [3.8, 4) is 0 Å². The second-order valence-corrected chi connectivity index (χ2v) is 7.75. The summed E-state index contributed by atoms with van der Waals surface area (Å²) < 4.78 is -1.98. The molecular weight excluding hydrogens is 438 g/mol. The summed E-state index contributed by atoms with van der Waals surface area (Å²) in [6, 6.07) is 3.32. The predicted molar refractivity (Wildman–Crippen MR) is 111 cm³/mol. The molecule has 11 nitrogen and oxygen atoms in total. The van der Waals surface area contributed by atoms with Crippen molar-refractivity contribution in [1.29, 1.82) is 0 Å². The van der Waals surface area contributed by atoms with Gasteiger partial charge >= 0.3 is 24.0 Å². The molecule has 0 aliphatic heterocycles. The summed E-state index contributed by atoms with van der Waals surface area (Å²) in [5, 5.41) is 36.2. The summed E-state index contributed by atoms with van der Waals surface area (Å²) in [6.45, 7) is 0.0879. The lowest BCUT2D eigenvalue weighted by molar-refractivity contribution is -0.142. The zero-order valence-corrected chi connectivity index (χ0v) is 17.7. The number of carboxylic acids is 3. The van der Waals surface area contributed by atoms with Crippen molar-refractivity contribution in [3.05, 3.63) is 30.1 Å². The summed E-state index contributed by atoms with van der Waals surface area (Å²) in [7, 11) is 0. The molecule has 0 aromatic carbocycles. The van der Waals surface area contributed by atoms with Gasteiger partial charge in [-0.2, -0.15) is 25.3 Å². The van der Waals surface area contributed by atoms with Crippen molar-refractivity contribution in [1.82, 2.24) is 14.8 Å². The molecule has 1 rings (SSSR count). The van der Waals surface area contributed by atoms with Crippen LogP contribution in [-0.4, -0.2) is 96.7 Å². The number of aliphatic carboxylic acids is 3. The molecule has 0 spiro atoms. The van der Waals surface area contributed by atoms with E-state index >= 15 is 0 Å². The van der Waals surface area contributed by atoms with Gasteiger partial charge in [0.1, 0.15) is 5.25 Å². The number of hydrogen-bond donors (Lipinski definition) is 6. The summed E-state index contributed by atoms with van der Waals surface area (Å²) in [6.07, 6.45) is -0.0944. The lowest BCUT2D eigenvalue weighted by Gasteiger charge is -2.37. The smallest absolute Gasteiger partial charge is 0.407 e. The summed E-state index contributed by atoms with van der Waals surface area (Å²) in [4.78, 5) is 51.9. The van der Waals surface area contributed by atoms with E-state index in [-0.39, 0.29) is 25.3 Å².